The summed E-state index contributed by atoms with van der Waals surface area (Å²) in [6.07, 6.45) is 6.76. The van der Waals surface area contributed by atoms with Crippen LogP contribution in [0, 0.1) is 0 Å². The summed E-state index contributed by atoms with van der Waals surface area (Å²) in [7, 11) is 1.60. The molecule has 0 aliphatic rings. The van der Waals surface area contributed by atoms with Gasteiger partial charge >= 0.3 is 0 Å². The number of aromatic nitrogens is 4. The van der Waals surface area contributed by atoms with Crippen LogP contribution in [0.15, 0.2) is 84.3 Å². The van der Waals surface area contributed by atoms with Crippen LogP contribution in [0.5, 0.6) is 11.5 Å². The smallest absolute Gasteiger partial charge is 0.191 e. The molecule has 0 saturated carbocycles. The molecule has 2 aromatic heterocycles. The largest absolute Gasteiger partial charge is 0.493 e. The van der Waals surface area contributed by atoms with Gasteiger partial charge in [0, 0.05) is 23.7 Å². The molecule has 2 aromatic carbocycles. The van der Waals surface area contributed by atoms with E-state index in [1.54, 1.807) is 19.5 Å². The molecule has 8 heteroatoms. The molecule has 4 aromatic rings. The van der Waals surface area contributed by atoms with E-state index >= 15 is 0 Å². The van der Waals surface area contributed by atoms with Gasteiger partial charge in [-0.25, -0.2) is 0 Å². The molecule has 0 aliphatic carbocycles. The Bertz CT molecular complexity index is 1250. The van der Waals surface area contributed by atoms with Crippen molar-refractivity contribution >= 4 is 17.8 Å². The number of allylic oxidation sites excluding steroid dienone is 1. The maximum absolute atomic E-state index is 10.6. The van der Waals surface area contributed by atoms with Gasteiger partial charge in [0.2, 0.25) is 0 Å². The summed E-state index contributed by atoms with van der Waals surface area (Å²) in [6.45, 7) is 2.71. The van der Waals surface area contributed by atoms with Gasteiger partial charge in [-0.05, 0) is 42.3 Å². The molecule has 0 fully saturated rings. The van der Waals surface area contributed by atoms with Crippen molar-refractivity contribution in [2.75, 3.05) is 19.5 Å². The Labute approximate surface area is 209 Å². The number of aliphatic hydroxyl groups is 1. The highest BCUT2D eigenvalue weighted by Gasteiger charge is 2.17. The zero-order chi connectivity index (χ0) is 24.5. The van der Waals surface area contributed by atoms with E-state index in [2.05, 4.69) is 27.3 Å². The number of pyridine rings is 1. The van der Waals surface area contributed by atoms with E-state index in [0.717, 1.165) is 27.7 Å². The molecule has 35 heavy (non-hydrogen) atoms. The minimum absolute atomic E-state index is 0.134. The zero-order valence-corrected chi connectivity index (χ0v) is 20.6. The molecule has 2 heterocycles. The van der Waals surface area contributed by atoms with E-state index in [4.69, 9.17) is 9.47 Å². The number of rotatable bonds is 11. The van der Waals surface area contributed by atoms with Gasteiger partial charge in [0.15, 0.2) is 22.5 Å². The first-order valence-corrected chi connectivity index (χ1v) is 12.3. The molecular formula is C27H28N4O3S. The summed E-state index contributed by atoms with van der Waals surface area (Å²) >= 11 is 1.44. The SMILES string of the molecule is C/C=C/c1ccc(OCC(O)CSc2nnc(-c3cccnc3)n2Cc2ccccc2)c(OC)c1. The highest BCUT2D eigenvalue weighted by molar-refractivity contribution is 7.99. The first-order valence-electron chi connectivity index (χ1n) is 11.3. The van der Waals surface area contributed by atoms with Crippen LogP contribution >= 0.6 is 11.8 Å². The molecular weight excluding hydrogens is 460 g/mol. The van der Waals surface area contributed by atoms with Crippen molar-refractivity contribution in [2.24, 2.45) is 0 Å². The highest BCUT2D eigenvalue weighted by Crippen LogP contribution is 2.29. The maximum atomic E-state index is 10.6. The molecule has 0 radical (unpaired) electrons. The van der Waals surface area contributed by atoms with Crippen molar-refractivity contribution in [3.05, 3.63) is 90.3 Å². The van der Waals surface area contributed by atoms with Crippen molar-refractivity contribution in [2.45, 2.75) is 24.7 Å². The number of ether oxygens (including phenoxy) is 2. The van der Waals surface area contributed by atoms with E-state index in [9.17, 15) is 5.11 Å². The van der Waals surface area contributed by atoms with Crippen molar-refractivity contribution in [3.63, 3.8) is 0 Å². The van der Waals surface area contributed by atoms with Crippen molar-refractivity contribution in [1.82, 2.24) is 19.7 Å². The normalized spacial score (nSPS) is 12.1. The summed E-state index contributed by atoms with van der Waals surface area (Å²) in [5.74, 6) is 2.36. The summed E-state index contributed by atoms with van der Waals surface area (Å²) < 4.78 is 13.3. The zero-order valence-electron chi connectivity index (χ0n) is 19.7. The minimum Gasteiger partial charge on any atom is -0.493 e. The number of hydrogen-bond acceptors (Lipinski definition) is 7. The van der Waals surface area contributed by atoms with Crippen molar-refractivity contribution < 1.29 is 14.6 Å². The topological polar surface area (TPSA) is 82.3 Å². The quantitative estimate of drug-likeness (QED) is 0.299. The van der Waals surface area contributed by atoms with Gasteiger partial charge in [0.25, 0.3) is 0 Å². The Morgan fingerprint density at radius 3 is 2.66 bits per heavy atom. The Hall–Kier alpha value is -3.62. The fourth-order valence-electron chi connectivity index (χ4n) is 3.52. The summed E-state index contributed by atoms with van der Waals surface area (Å²) in [6, 6.07) is 19.7. The van der Waals surface area contributed by atoms with Gasteiger partial charge < -0.3 is 14.6 Å². The molecule has 0 saturated heterocycles. The Morgan fingerprint density at radius 2 is 1.91 bits per heavy atom. The van der Waals surface area contributed by atoms with Crippen LogP contribution in [0.2, 0.25) is 0 Å². The number of benzene rings is 2. The van der Waals surface area contributed by atoms with Gasteiger partial charge in [-0.1, -0.05) is 60.3 Å². The average Bonchev–Trinajstić information content (AvgIpc) is 3.30. The van der Waals surface area contributed by atoms with Gasteiger partial charge in [-0.15, -0.1) is 10.2 Å². The lowest BCUT2D eigenvalue weighted by Gasteiger charge is -2.15. The van der Waals surface area contributed by atoms with E-state index in [1.807, 2.05) is 72.2 Å². The third kappa shape index (κ3) is 6.49. The van der Waals surface area contributed by atoms with Crippen LogP contribution < -0.4 is 9.47 Å². The van der Waals surface area contributed by atoms with Crippen LogP contribution in [0.3, 0.4) is 0 Å². The molecule has 1 unspecified atom stereocenters. The fourth-order valence-corrected chi connectivity index (χ4v) is 4.36. The van der Waals surface area contributed by atoms with Crippen LogP contribution in [0.25, 0.3) is 17.5 Å². The number of hydrogen-bond donors (Lipinski definition) is 1. The second-order valence-electron chi connectivity index (χ2n) is 7.81. The molecule has 7 nitrogen and oxygen atoms in total. The Kier molecular flexibility index (Phi) is 8.53. The fraction of sp³-hybridized carbons (Fsp3) is 0.222. The minimum atomic E-state index is -0.705. The monoisotopic (exact) mass is 488 g/mol. The van der Waals surface area contributed by atoms with Gasteiger partial charge in [-0.3, -0.25) is 9.55 Å². The van der Waals surface area contributed by atoms with Gasteiger partial charge in [-0.2, -0.15) is 0 Å². The van der Waals surface area contributed by atoms with Crippen LogP contribution in [0.1, 0.15) is 18.1 Å². The van der Waals surface area contributed by atoms with Crippen LogP contribution in [-0.2, 0) is 6.54 Å². The summed E-state index contributed by atoms with van der Waals surface area (Å²) in [5.41, 5.74) is 3.05. The second-order valence-corrected chi connectivity index (χ2v) is 8.79. The van der Waals surface area contributed by atoms with Crippen molar-refractivity contribution in [3.8, 4) is 22.9 Å². The first-order chi connectivity index (χ1) is 17.2. The molecule has 0 bridgehead atoms. The second kappa shape index (κ2) is 12.2. The number of thioether (sulfide) groups is 1. The number of aliphatic hydroxyl groups excluding tert-OH is 1. The van der Waals surface area contributed by atoms with Crippen LogP contribution in [0.4, 0.5) is 0 Å². The molecule has 4 rings (SSSR count). The lowest BCUT2D eigenvalue weighted by Crippen LogP contribution is -2.20. The van der Waals surface area contributed by atoms with Gasteiger partial charge in [0.05, 0.1) is 19.8 Å². The molecule has 0 aliphatic heterocycles. The van der Waals surface area contributed by atoms with Crippen LogP contribution in [-0.4, -0.2) is 50.4 Å². The standard InChI is InChI=1S/C27H28N4O3S/c1-3-8-20-12-13-24(25(15-20)33-2)34-18-23(32)19-35-27-30-29-26(22-11-7-14-28-16-22)31(27)17-21-9-5-4-6-10-21/h3-16,23,32H,17-19H2,1-2H3/b8-3+. The van der Waals surface area contributed by atoms with E-state index in [0.29, 0.717) is 23.8 Å². The predicted octanol–water partition coefficient (Wildman–Crippen LogP) is 4.96. The molecule has 0 amide bonds. The molecule has 0 spiro atoms. The maximum Gasteiger partial charge on any atom is 0.191 e. The summed E-state index contributed by atoms with van der Waals surface area (Å²) in [5, 5.41) is 20.2. The third-order valence-corrected chi connectivity index (χ3v) is 6.31. The lowest BCUT2D eigenvalue weighted by molar-refractivity contribution is 0.124. The molecule has 1 atom stereocenters. The number of nitrogens with zero attached hydrogens (tertiary/aromatic N) is 4. The van der Waals surface area contributed by atoms with E-state index < -0.39 is 6.10 Å². The molecule has 180 valence electrons. The molecule has 1 N–H and O–H groups in total. The predicted molar refractivity (Wildman–Crippen MR) is 139 cm³/mol. The first kappa shape index (κ1) is 24.5. The average molecular weight is 489 g/mol. The Morgan fingerprint density at radius 1 is 1.06 bits per heavy atom. The lowest BCUT2D eigenvalue weighted by atomic mass is 10.2. The number of methoxy groups -OCH3 is 1. The van der Waals surface area contributed by atoms with Gasteiger partial charge in [0.1, 0.15) is 6.61 Å². The summed E-state index contributed by atoms with van der Waals surface area (Å²) in [4.78, 5) is 4.22. The highest BCUT2D eigenvalue weighted by atomic mass is 32.2. The Balaban J connectivity index is 1.44. The third-order valence-electron chi connectivity index (χ3n) is 5.20. The van der Waals surface area contributed by atoms with E-state index in [1.165, 1.54) is 11.8 Å². The van der Waals surface area contributed by atoms with E-state index in [-0.39, 0.29) is 6.61 Å². The van der Waals surface area contributed by atoms with Crippen molar-refractivity contribution in [1.29, 1.82) is 0 Å².